The number of hydrogen-bond donors (Lipinski definition) is 1. The first kappa shape index (κ1) is 17.7. The second-order valence-corrected chi connectivity index (χ2v) is 8.74. The minimum Gasteiger partial charge on any atom is -0.325 e. The third kappa shape index (κ3) is 4.40. The number of nitrogens with zero attached hydrogens (tertiary/aromatic N) is 1. The molecule has 5 nitrogen and oxygen atoms in total. The Hall–Kier alpha value is -1.70. The maximum absolute atomic E-state index is 12.3. The summed E-state index contributed by atoms with van der Waals surface area (Å²) in [7, 11) is -2.21. The van der Waals surface area contributed by atoms with Crippen molar-refractivity contribution in [3.8, 4) is 0 Å². The lowest BCUT2D eigenvalue weighted by molar-refractivity contribution is -0.116. The number of thiophene rings is 1. The normalized spacial score (nSPS) is 11.9. The first-order chi connectivity index (χ1) is 10.8. The van der Waals surface area contributed by atoms with Crippen LogP contribution in [0.1, 0.15) is 25.3 Å². The van der Waals surface area contributed by atoms with Gasteiger partial charge in [-0.3, -0.25) is 4.79 Å². The van der Waals surface area contributed by atoms with Crippen LogP contribution in [-0.2, 0) is 14.8 Å². The van der Waals surface area contributed by atoms with E-state index >= 15 is 0 Å². The maximum Gasteiger partial charge on any atom is 0.252 e. The highest BCUT2D eigenvalue weighted by molar-refractivity contribution is 7.91. The molecule has 1 aromatic carbocycles. The van der Waals surface area contributed by atoms with Crippen molar-refractivity contribution in [1.29, 1.82) is 0 Å². The summed E-state index contributed by atoms with van der Waals surface area (Å²) in [5.41, 5.74) is 1.78. The maximum atomic E-state index is 12.3. The highest BCUT2D eigenvalue weighted by Crippen LogP contribution is 2.20. The number of carbonyl (C=O) groups excluding carboxylic acids is 1. The number of benzene rings is 1. The van der Waals surface area contributed by atoms with Crippen LogP contribution in [-0.4, -0.2) is 32.2 Å². The summed E-state index contributed by atoms with van der Waals surface area (Å²) < 4.78 is 25.8. The smallest absolute Gasteiger partial charge is 0.252 e. The third-order valence-electron chi connectivity index (χ3n) is 3.36. The molecule has 0 radical (unpaired) electrons. The molecular weight excluding hydrogens is 332 g/mol. The van der Waals surface area contributed by atoms with E-state index in [4.69, 9.17) is 0 Å². The van der Waals surface area contributed by atoms with Gasteiger partial charge < -0.3 is 5.32 Å². The Morgan fingerprint density at radius 1 is 1.26 bits per heavy atom. The van der Waals surface area contributed by atoms with Gasteiger partial charge in [-0.15, -0.1) is 11.3 Å². The van der Waals surface area contributed by atoms with Crippen LogP contribution in [0, 0.1) is 0 Å². The molecule has 0 spiro atoms. The van der Waals surface area contributed by atoms with E-state index < -0.39 is 10.0 Å². The zero-order valence-corrected chi connectivity index (χ0v) is 14.9. The lowest BCUT2D eigenvalue weighted by Crippen LogP contribution is -2.34. The molecule has 23 heavy (non-hydrogen) atoms. The van der Waals surface area contributed by atoms with E-state index in [0.29, 0.717) is 11.6 Å². The second-order valence-electron chi connectivity index (χ2n) is 5.52. The fourth-order valence-electron chi connectivity index (χ4n) is 2.03. The molecule has 0 unspecified atom stereocenters. The van der Waals surface area contributed by atoms with Gasteiger partial charge in [-0.2, -0.15) is 4.31 Å². The summed E-state index contributed by atoms with van der Waals surface area (Å²) in [5, 5.41) is 4.44. The quantitative estimate of drug-likeness (QED) is 0.868. The summed E-state index contributed by atoms with van der Waals surface area (Å²) in [4.78, 5) is 12.1. The predicted molar refractivity (Wildman–Crippen MR) is 93.3 cm³/mol. The zero-order valence-electron chi connectivity index (χ0n) is 13.3. The Morgan fingerprint density at radius 2 is 2.00 bits per heavy atom. The molecule has 2 aromatic rings. The second kappa shape index (κ2) is 7.25. The summed E-state index contributed by atoms with van der Waals surface area (Å²) in [6, 6.07) is 10.8. The van der Waals surface area contributed by atoms with E-state index in [2.05, 4.69) is 19.2 Å². The molecule has 0 bridgehead atoms. The Balaban J connectivity index is 2.04. The van der Waals surface area contributed by atoms with E-state index in [9.17, 15) is 13.2 Å². The van der Waals surface area contributed by atoms with E-state index in [0.717, 1.165) is 21.2 Å². The van der Waals surface area contributed by atoms with Crippen LogP contribution in [0.3, 0.4) is 0 Å². The van der Waals surface area contributed by atoms with Gasteiger partial charge >= 0.3 is 0 Å². The molecule has 1 amide bonds. The van der Waals surface area contributed by atoms with E-state index in [1.807, 2.05) is 18.2 Å². The van der Waals surface area contributed by atoms with Crippen LogP contribution >= 0.6 is 11.3 Å². The van der Waals surface area contributed by atoms with Crippen LogP contribution in [0.25, 0.3) is 0 Å². The van der Waals surface area contributed by atoms with Gasteiger partial charge in [0.2, 0.25) is 5.91 Å². The fourth-order valence-corrected chi connectivity index (χ4v) is 4.36. The molecule has 0 aliphatic carbocycles. The summed E-state index contributed by atoms with van der Waals surface area (Å²) in [6.07, 6.45) is 0. The lowest BCUT2D eigenvalue weighted by atomic mass is 10.0. The number of amides is 1. The van der Waals surface area contributed by atoms with Gasteiger partial charge in [0.05, 0.1) is 6.54 Å². The van der Waals surface area contributed by atoms with Crippen molar-refractivity contribution in [2.24, 2.45) is 0 Å². The minimum atomic E-state index is -3.61. The average molecular weight is 352 g/mol. The number of rotatable bonds is 6. The van der Waals surface area contributed by atoms with Crippen molar-refractivity contribution >= 4 is 33.0 Å². The van der Waals surface area contributed by atoms with Gasteiger partial charge in [-0.1, -0.05) is 32.0 Å². The van der Waals surface area contributed by atoms with Gasteiger partial charge in [0.15, 0.2) is 0 Å². The lowest BCUT2D eigenvalue weighted by Gasteiger charge is -2.16. The number of anilines is 1. The molecule has 0 aliphatic heterocycles. The largest absolute Gasteiger partial charge is 0.325 e. The molecule has 1 heterocycles. The Bertz CT molecular complexity index is 768. The molecular formula is C16H20N2O3S2. The van der Waals surface area contributed by atoms with Gasteiger partial charge in [0.25, 0.3) is 10.0 Å². The first-order valence-corrected chi connectivity index (χ1v) is 9.52. The van der Waals surface area contributed by atoms with Crippen molar-refractivity contribution in [1.82, 2.24) is 4.31 Å². The van der Waals surface area contributed by atoms with Crippen LogP contribution in [0.5, 0.6) is 0 Å². The molecule has 0 saturated heterocycles. The van der Waals surface area contributed by atoms with Crippen LogP contribution in [0.4, 0.5) is 5.69 Å². The highest BCUT2D eigenvalue weighted by atomic mass is 32.2. The fraction of sp³-hybridized carbons (Fsp3) is 0.312. The van der Waals surface area contributed by atoms with Crippen LogP contribution in [0.15, 0.2) is 46.0 Å². The van der Waals surface area contributed by atoms with Gasteiger partial charge in [-0.05, 0) is 35.1 Å². The molecule has 7 heteroatoms. The Labute approximate surface area is 141 Å². The zero-order chi connectivity index (χ0) is 17.0. The van der Waals surface area contributed by atoms with Crippen molar-refractivity contribution in [3.05, 3.63) is 47.3 Å². The molecule has 0 aliphatic rings. The topological polar surface area (TPSA) is 66.5 Å². The molecule has 0 saturated carbocycles. The van der Waals surface area contributed by atoms with Gasteiger partial charge in [-0.25, -0.2) is 8.42 Å². The van der Waals surface area contributed by atoms with Crippen molar-refractivity contribution in [2.75, 3.05) is 18.9 Å². The summed E-state index contributed by atoms with van der Waals surface area (Å²) >= 11 is 1.13. The number of sulfonamides is 1. The van der Waals surface area contributed by atoms with Gasteiger partial charge in [0, 0.05) is 12.7 Å². The van der Waals surface area contributed by atoms with Crippen LogP contribution < -0.4 is 5.32 Å². The average Bonchev–Trinajstić information content (AvgIpc) is 3.02. The molecule has 1 N–H and O–H groups in total. The molecule has 1 aromatic heterocycles. The van der Waals surface area contributed by atoms with E-state index in [1.165, 1.54) is 13.1 Å². The predicted octanol–water partition coefficient (Wildman–Crippen LogP) is 3.13. The minimum absolute atomic E-state index is 0.230. The van der Waals surface area contributed by atoms with E-state index in [1.54, 1.807) is 17.5 Å². The van der Waals surface area contributed by atoms with Crippen molar-refractivity contribution in [2.45, 2.75) is 24.0 Å². The highest BCUT2D eigenvalue weighted by Gasteiger charge is 2.23. The summed E-state index contributed by atoms with van der Waals surface area (Å²) in [5.74, 6) is -0.0118. The van der Waals surface area contributed by atoms with E-state index in [-0.39, 0.29) is 16.7 Å². The third-order valence-corrected chi connectivity index (χ3v) is 6.54. The van der Waals surface area contributed by atoms with Gasteiger partial charge in [0.1, 0.15) is 4.21 Å². The summed E-state index contributed by atoms with van der Waals surface area (Å²) in [6.45, 7) is 3.91. The monoisotopic (exact) mass is 352 g/mol. The Morgan fingerprint density at radius 3 is 2.61 bits per heavy atom. The molecule has 0 atom stereocenters. The Kier molecular flexibility index (Phi) is 5.56. The van der Waals surface area contributed by atoms with Crippen molar-refractivity contribution in [3.63, 3.8) is 0 Å². The SMILES string of the molecule is CC(C)c1cccc(NC(=O)CN(C)S(=O)(=O)c2cccs2)c1. The number of nitrogens with one attached hydrogen (secondary N) is 1. The number of carbonyl (C=O) groups is 1. The molecule has 0 fully saturated rings. The molecule has 124 valence electrons. The van der Waals surface area contributed by atoms with Crippen LogP contribution in [0.2, 0.25) is 0 Å². The standard InChI is InChI=1S/C16H20N2O3S2/c1-12(2)13-6-4-7-14(10-13)17-15(19)11-18(3)23(20,21)16-8-5-9-22-16/h4-10,12H,11H2,1-3H3,(H,17,19). The van der Waals surface area contributed by atoms with Crippen molar-refractivity contribution < 1.29 is 13.2 Å². The first-order valence-electron chi connectivity index (χ1n) is 7.20. The number of likely N-dealkylation sites (N-methyl/N-ethyl adjacent to an activating group) is 1. The number of hydrogen-bond acceptors (Lipinski definition) is 4. The molecule has 2 rings (SSSR count).